The second-order valence-corrected chi connectivity index (χ2v) is 5.97. The molecule has 0 spiro atoms. The largest absolute Gasteiger partial charge is 0.316 e. The lowest BCUT2D eigenvalue weighted by atomic mass is 9.71. The molecule has 0 amide bonds. The minimum atomic E-state index is -0.412. The molecular weight excluding hydrogens is 250 g/mol. The SMILES string of the molecule is Cn1ncc(Cl)c1C(=O)C(C)(C)C1CCCNC1. The van der Waals surface area contributed by atoms with E-state index in [0.29, 0.717) is 16.6 Å². The van der Waals surface area contributed by atoms with E-state index in [1.165, 1.54) is 6.20 Å². The molecule has 1 unspecified atom stereocenters. The molecule has 1 aromatic rings. The van der Waals surface area contributed by atoms with Gasteiger partial charge in [-0.15, -0.1) is 0 Å². The van der Waals surface area contributed by atoms with Crippen molar-refractivity contribution in [3.8, 4) is 0 Å². The van der Waals surface area contributed by atoms with E-state index in [-0.39, 0.29) is 5.78 Å². The molecule has 1 aliphatic heterocycles. The Labute approximate surface area is 113 Å². The number of nitrogens with one attached hydrogen (secondary N) is 1. The summed E-state index contributed by atoms with van der Waals surface area (Å²) in [6, 6.07) is 0. The summed E-state index contributed by atoms with van der Waals surface area (Å²) >= 11 is 6.07. The first kappa shape index (κ1) is 13.6. The first-order valence-corrected chi connectivity index (χ1v) is 6.75. The van der Waals surface area contributed by atoms with Gasteiger partial charge in [0, 0.05) is 12.5 Å². The molecule has 18 heavy (non-hydrogen) atoms. The van der Waals surface area contributed by atoms with Crippen LogP contribution in [0.15, 0.2) is 6.20 Å². The Morgan fingerprint density at radius 1 is 1.61 bits per heavy atom. The first-order valence-electron chi connectivity index (χ1n) is 6.37. The summed E-state index contributed by atoms with van der Waals surface area (Å²) in [6.45, 7) is 5.97. The molecule has 1 N–H and O–H groups in total. The van der Waals surface area contributed by atoms with E-state index in [4.69, 9.17) is 11.6 Å². The summed E-state index contributed by atoms with van der Waals surface area (Å²) in [7, 11) is 1.76. The average Bonchev–Trinajstić information content (AvgIpc) is 2.69. The molecule has 0 radical (unpaired) electrons. The molecule has 1 aromatic heterocycles. The van der Waals surface area contributed by atoms with Gasteiger partial charge in [-0.3, -0.25) is 9.48 Å². The zero-order chi connectivity index (χ0) is 13.3. The highest BCUT2D eigenvalue weighted by Gasteiger charge is 2.39. The number of carbonyl (C=O) groups excluding carboxylic acids is 1. The highest BCUT2D eigenvalue weighted by molar-refractivity contribution is 6.33. The van der Waals surface area contributed by atoms with Gasteiger partial charge in [0.25, 0.3) is 0 Å². The van der Waals surface area contributed by atoms with Gasteiger partial charge in [0.1, 0.15) is 5.69 Å². The molecule has 4 nitrogen and oxygen atoms in total. The monoisotopic (exact) mass is 269 g/mol. The smallest absolute Gasteiger partial charge is 0.188 e. The minimum absolute atomic E-state index is 0.0844. The number of carbonyl (C=O) groups is 1. The van der Waals surface area contributed by atoms with E-state index in [1.807, 2.05) is 13.8 Å². The fraction of sp³-hybridized carbons (Fsp3) is 0.692. The number of aryl methyl sites for hydroxylation is 1. The van der Waals surface area contributed by atoms with E-state index in [1.54, 1.807) is 11.7 Å². The Hall–Kier alpha value is -0.870. The highest BCUT2D eigenvalue weighted by Crippen LogP contribution is 2.36. The third-order valence-corrected chi connectivity index (χ3v) is 4.29. The van der Waals surface area contributed by atoms with Crippen LogP contribution in [0.2, 0.25) is 5.02 Å². The van der Waals surface area contributed by atoms with Gasteiger partial charge in [0.2, 0.25) is 0 Å². The molecule has 2 heterocycles. The predicted octanol–water partition coefficient (Wildman–Crippen LogP) is 2.28. The van der Waals surface area contributed by atoms with Crippen LogP contribution in [0.3, 0.4) is 0 Å². The summed E-state index contributed by atoms with van der Waals surface area (Å²) < 4.78 is 1.57. The summed E-state index contributed by atoms with van der Waals surface area (Å²) in [5.74, 6) is 0.436. The second kappa shape index (κ2) is 5.02. The van der Waals surface area contributed by atoms with Crippen LogP contribution in [-0.4, -0.2) is 28.7 Å². The number of hydrogen-bond donors (Lipinski definition) is 1. The molecule has 0 aliphatic carbocycles. The Morgan fingerprint density at radius 3 is 2.83 bits per heavy atom. The summed E-state index contributed by atoms with van der Waals surface area (Å²) in [4.78, 5) is 12.7. The van der Waals surface area contributed by atoms with Gasteiger partial charge in [-0.1, -0.05) is 25.4 Å². The van der Waals surface area contributed by atoms with Crippen molar-refractivity contribution >= 4 is 17.4 Å². The number of aromatic nitrogens is 2. The van der Waals surface area contributed by atoms with Crippen molar-refractivity contribution < 1.29 is 4.79 Å². The fourth-order valence-corrected chi connectivity index (χ4v) is 2.88. The zero-order valence-electron chi connectivity index (χ0n) is 11.2. The van der Waals surface area contributed by atoms with Crippen LogP contribution in [0.4, 0.5) is 0 Å². The lowest BCUT2D eigenvalue weighted by Gasteiger charge is -2.36. The van der Waals surface area contributed by atoms with Crippen molar-refractivity contribution in [2.75, 3.05) is 13.1 Å². The summed E-state index contributed by atoms with van der Waals surface area (Å²) in [6.07, 6.45) is 3.74. The number of ketones is 1. The molecule has 1 atom stereocenters. The van der Waals surface area contributed by atoms with Crippen LogP contribution < -0.4 is 5.32 Å². The molecule has 0 saturated carbocycles. The molecule has 1 fully saturated rings. The number of rotatable bonds is 3. The number of halogens is 1. The lowest BCUT2D eigenvalue weighted by Crippen LogP contribution is -2.43. The topological polar surface area (TPSA) is 46.9 Å². The van der Waals surface area contributed by atoms with Gasteiger partial charge in [-0.2, -0.15) is 5.10 Å². The van der Waals surface area contributed by atoms with Crippen LogP contribution in [0.25, 0.3) is 0 Å². The molecule has 2 rings (SSSR count). The molecular formula is C13H20ClN3O. The predicted molar refractivity (Wildman–Crippen MR) is 71.9 cm³/mol. The van der Waals surface area contributed by atoms with Crippen molar-refractivity contribution in [1.82, 2.24) is 15.1 Å². The third kappa shape index (κ3) is 2.31. The van der Waals surface area contributed by atoms with Gasteiger partial charge in [-0.05, 0) is 31.8 Å². The number of piperidine rings is 1. The maximum atomic E-state index is 12.7. The highest BCUT2D eigenvalue weighted by atomic mass is 35.5. The Bertz CT molecular complexity index is 428. The van der Waals surface area contributed by atoms with Gasteiger partial charge in [0.15, 0.2) is 5.78 Å². The molecule has 100 valence electrons. The quantitative estimate of drug-likeness (QED) is 0.857. The van der Waals surface area contributed by atoms with Crippen molar-refractivity contribution in [2.24, 2.45) is 18.4 Å². The number of nitrogens with zero attached hydrogens (tertiary/aromatic N) is 2. The van der Waals surface area contributed by atoms with Crippen molar-refractivity contribution in [1.29, 1.82) is 0 Å². The van der Waals surface area contributed by atoms with Gasteiger partial charge < -0.3 is 5.32 Å². The van der Waals surface area contributed by atoms with Crippen molar-refractivity contribution in [3.63, 3.8) is 0 Å². The molecule has 1 saturated heterocycles. The first-order chi connectivity index (χ1) is 8.44. The fourth-order valence-electron chi connectivity index (χ4n) is 2.62. The van der Waals surface area contributed by atoms with Crippen molar-refractivity contribution in [2.45, 2.75) is 26.7 Å². The Kier molecular flexibility index (Phi) is 3.78. The summed E-state index contributed by atoms with van der Waals surface area (Å²) in [5.41, 5.74) is 0.109. The second-order valence-electron chi connectivity index (χ2n) is 5.56. The molecule has 1 aliphatic rings. The van der Waals surface area contributed by atoms with Gasteiger partial charge in [-0.25, -0.2) is 0 Å². The van der Waals surface area contributed by atoms with Crippen LogP contribution >= 0.6 is 11.6 Å². The third-order valence-electron chi connectivity index (χ3n) is 4.01. The standard InChI is InChI=1S/C13H20ClN3O/c1-13(2,9-5-4-6-15-7-9)12(18)11-10(14)8-16-17(11)3/h8-9,15H,4-7H2,1-3H3. The lowest BCUT2D eigenvalue weighted by molar-refractivity contribution is 0.0698. The van der Waals surface area contributed by atoms with E-state index >= 15 is 0 Å². The van der Waals surface area contributed by atoms with Crippen LogP contribution in [0, 0.1) is 11.3 Å². The molecule has 5 heteroatoms. The maximum absolute atomic E-state index is 12.7. The number of hydrogen-bond acceptors (Lipinski definition) is 3. The summed E-state index contributed by atoms with van der Waals surface area (Å²) in [5, 5.41) is 7.85. The van der Waals surface area contributed by atoms with E-state index in [2.05, 4.69) is 10.4 Å². The van der Waals surface area contributed by atoms with Crippen molar-refractivity contribution in [3.05, 3.63) is 16.9 Å². The van der Waals surface area contributed by atoms with Crippen LogP contribution in [0.1, 0.15) is 37.2 Å². The van der Waals surface area contributed by atoms with Crippen LogP contribution in [0.5, 0.6) is 0 Å². The zero-order valence-corrected chi connectivity index (χ0v) is 11.9. The van der Waals surface area contributed by atoms with E-state index < -0.39 is 5.41 Å². The minimum Gasteiger partial charge on any atom is -0.316 e. The molecule has 0 bridgehead atoms. The van der Waals surface area contributed by atoms with Crippen LogP contribution in [-0.2, 0) is 7.05 Å². The van der Waals surface area contributed by atoms with Gasteiger partial charge >= 0.3 is 0 Å². The Balaban J connectivity index is 2.26. The maximum Gasteiger partial charge on any atom is 0.188 e. The van der Waals surface area contributed by atoms with Gasteiger partial charge in [0.05, 0.1) is 11.2 Å². The average molecular weight is 270 g/mol. The normalized spacial score (nSPS) is 21.0. The molecule has 0 aromatic carbocycles. The number of Topliss-reactive ketones (excluding diaryl/α,β-unsaturated/α-hetero) is 1. The van der Waals surface area contributed by atoms with E-state index in [0.717, 1.165) is 25.9 Å². The Morgan fingerprint density at radius 2 is 2.33 bits per heavy atom. The van der Waals surface area contributed by atoms with E-state index in [9.17, 15) is 4.79 Å².